The number of hydrogen-bond donors (Lipinski definition) is 1. The van der Waals surface area contributed by atoms with Crippen molar-refractivity contribution in [1.29, 1.82) is 0 Å². The minimum absolute atomic E-state index is 0.0460. The Bertz CT molecular complexity index is 438. The number of methoxy groups -OCH3 is 1. The number of ether oxygens (including phenoxy) is 1. The molecule has 2 N–H and O–H groups in total. The smallest absolute Gasteiger partial charge is 0.240 e. The molecule has 1 rings (SSSR count). The summed E-state index contributed by atoms with van der Waals surface area (Å²) in [5.74, 6) is 0.744. The van der Waals surface area contributed by atoms with Gasteiger partial charge in [-0.3, -0.25) is 4.79 Å². The lowest BCUT2D eigenvalue weighted by Gasteiger charge is -2.30. The summed E-state index contributed by atoms with van der Waals surface area (Å²) in [6.07, 6.45) is 0. The Kier molecular flexibility index (Phi) is 4.95. The van der Waals surface area contributed by atoms with Gasteiger partial charge in [-0.2, -0.15) is 0 Å². The molecule has 0 bridgehead atoms. The van der Waals surface area contributed by atoms with Crippen LogP contribution in [0.5, 0.6) is 5.75 Å². The molecule has 0 aliphatic carbocycles. The number of carbonyl (C=O) groups excluding carboxylic acids is 1. The van der Waals surface area contributed by atoms with Crippen LogP contribution in [0.1, 0.15) is 26.3 Å². The van der Waals surface area contributed by atoms with Crippen LogP contribution in [0.3, 0.4) is 0 Å². The second-order valence-electron chi connectivity index (χ2n) is 5.89. The van der Waals surface area contributed by atoms with Crippen molar-refractivity contribution in [1.82, 2.24) is 4.90 Å². The summed E-state index contributed by atoms with van der Waals surface area (Å²) >= 11 is 0. The van der Waals surface area contributed by atoms with Crippen molar-refractivity contribution >= 4 is 5.91 Å². The molecule has 0 spiro atoms. The van der Waals surface area contributed by atoms with E-state index in [1.165, 1.54) is 0 Å². The zero-order chi connectivity index (χ0) is 14.6. The van der Waals surface area contributed by atoms with Gasteiger partial charge in [0.1, 0.15) is 5.75 Å². The predicted molar refractivity (Wildman–Crippen MR) is 76.9 cm³/mol. The summed E-state index contributed by atoms with van der Waals surface area (Å²) in [5.41, 5.74) is 6.78. The van der Waals surface area contributed by atoms with Crippen molar-refractivity contribution in [3.63, 3.8) is 0 Å². The lowest BCUT2D eigenvalue weighted by Crippen LogP contribution is -2.48. The van der Waals surface area contributed by atoms with Crippen molar-refractivity contribution in [2.75, 3.05) is 14.2 Å². The first-order chi connectivity index (χ1) is 8.75. The second-order valence-corrected chi connectivity index (χ2v) is 5.89. The number of carbonyl (C=O) groups is 1. The first-order valence-corrected chi connectivity index (χ1v) is 6.39. The van der Waals surface area contributed by atoms with Crippen LogP contribution in [0.15, 0.2) is 24.3 Å². The van der Waals surface area contributed by atoms with E-state index in [0.29, 0.717) is 6.54 Å². The predicted octanol–water partition coefficient (Wildman–Crippen LogP) is 2.03. The molecule has 1 aromatic carbocycles. The standard InChI is InChI=1S/C15H24N2O2/c1-15(2,3)13(16)14(18)17(4)10-11-7-6-8-12(9-11)19-5/h6-9,13H,10,16H2,1-5H3/t13-/m1/s1. The molecule has 106 valence electrons. The van der Waals surface area contributed by atoms with Crippen LogP contribution in [-0.2, 0) is 11.3 Å². The number of benzene rings is 1. The van der Waals surface area contributed by atoms with Crippen molar-refractivity contribution in [3.8, 4) is 5.75 Å². The Labute approximate surface area is 115 Å². The normalized spacial score (nSPS) is 12.9. The molecule has 19 heavy (non-hydrogen) atoms. The number of hydrogen-bond acceptors (Lipinski definition) is 3. The summed E-state index contributed by atoms with van der Waals surface area (Å²) in [6, 6.07) is 7.19. The highest BCUT2D eigenvalue weighted by Crippen LogP contribution is 2.20. The quantitative estimate of drug-likeness (QED) is 0.905. The van der Waals surface area contributed by atoms with Gasteiger partial charge in [-0.15, -0.1) is 0 Å². The highest BCUT2D eigenvalue weighted by atomic mass is 16.5. The van der Waals surface area contributed by atoms with Crippen molar-refractivity contribution < 1.29 is 9.53 Å². The number of nitrogens with zero attached hydrogens (tertiary/aromatic N) is 1. The minimum atomic E-state index is -0.497. The molecule has 0 aliphatic heterocycles. The number of rotatable bonds is 4. The Morgan fingerprint density at radius 1 is 1.42 bits per heavy atom. The summed E-state index contributed by atoms with van der Waals surface area (Å²) < 4.78 is 5.17. The number of likely N-dealkylation sites (N-methyl/N-ethyl adjacent to an activating group) is 1. The van der Waals surface area contributed by atoms with E-state index in [9.17, 15) is 4.79 Å². The Balaban J connectivity index is 2.73. The largest absolute Gasteiger partial charge is 0.497 e. The van der Waals surface area contributed by atoms with Crippen LogP contribution in [0.25, 0.3) is 0 Å². The summed E-state index contributed by atoms with van der Waals surface area (Å²) in [7, 11) is 3.40. The van der Waals surface area contributed by atoms with Gasteiger partial charge in [0.05, 0.1) is 13.2 Å². The van der Waals surface area contributed by atoms with Crippen LogP contribution in [0.2, 0.25) is 0 Å². The molecule has 4 nitrogen and oxygen atoms in total. The van der Waals surface area contributed by atoms with Gasteiger partial charge in [0, 0.05) is 13.6 Å². The SMILES string of the molecule is COc1cccc(CN(C)C(=O)[C@@H](N)C(C)(C)C)c1. The van der Waals surface area contributed by atoms with Gasteiger partial charge in [0.2, 0.25) is 5.91 Å². The lowest BCUT2D eigenvalue weighted by atomic mass is 9.86. The van der Waals surface area contributed by atoms with Gasteiger partial charge in [0.15, 0.2) is 0 Å². The maximum absolute atomic E-state index is 12.2. The van der Waals surface area contributed by atoms with Crippen LogP contribution in [-0.4, -0.2) is 31.0 Å². The molecule has 0 unspecified atom stereocenters. The minimum Gasteiger partial charge on any atom is -0.497 e. The molecule has 0 fully saturated rings. The van der Waals surface area contributed by atoms with Gasteiger partial charge < -0.3 is 15.4 Å². The third-order valence-corrected chi connectivity index (χ3v) is 3.13. The maximum atomic E-state index is 12.2. The summed E-state index contributed by atoms with van der Waals surface area (Å²) in [4.78, 5) is 13.9. The molecule has 0 saturated carbocycles. The van der Waals surface area contributed by atoms with Gasteiger partial charge in [0.25, 0.3) is 0 Å². The van der Waals surface area contributed by atoms with E-state index < -0.39 is 6.04 Å². The fraction of sp³-hybridized carbons (Fsp3) is 0.533. The average Bonchev–Trinajstić information content (AvgIpc) is 2.36. The van der Waals surface area contributed by atoms with Crippen molar-refractivity contribution in [2.45, 2.75) is 33.4 Å². The highest BCUT2D eigenvalue weighted by Gasteiger charge is 2.29. The zero-order valence-corrected chi connectivity index (χ0v) is 12.4. The molecule has 1 atom stereocenters. The molecule has 0 radical (unpaired) electrons. The first kappa shape index (κ1) is 15.5. The molecule has 0 heterocycles. The van der Waals surface area contributed by atoms with Crippen LogP contribution >= 0.6 is 0 Å². The van der Waals surface area contributed by atoms with Gasteiger partial charge >= 0.3 is 0 Å². The maximum Gasteiger partial charge on any atom is 0.240 e. The van der Waals surface area contributed by atoms with E-state index >= 15 is 0 Å². The summed E-state index contributed by atoms with van der Waals surface area (Å²) in [6.45, 7) is 6.43. The third-order valence-electron chi connectivity index (χ3n) is 3.13. The second kappa shape index (κ2) is 6.06. The van der Waals surface area contributed by atoms with Crippen LogP contribution in [0, 0.1) is 5.41 Å². The molecule has 1 aromatic rings. The molecule has 0 aliphatic rings. The Morgan fingerprint density at radius 3 is 2.58 bits per heavy atom. The topological polar surface area (TPSA) is 55.6 Å². The van der Waals surface area contributed by atoms with E-state index in [4.69, 9.17) is 10.5 Å². The van der Waals surface area contributed by atoms with Crippen LogP contribution in [0.4, 0.5) is 0 Å². The van der Waals surface area contributed by atoms with E-state index in [1.54, 1.807) is 19.1 Å². The molecular formula is C15H24N2O2. The van der Waals surface area contributed by atoms with Gasteiger partial charge in [-0.1, -0.05) is 32.9 Å². The van der Waals surface area contributed by atoms with Crippen LogP contribution < -0.4 is 10.5 Å². The lowest BCUT2D eigenvalue weighted by molar-refractivity contribution is -0.134. The van der Waals surface area contributed by atoms with Crippen molar-refractivity contribution in [2.24, 2.45) is 11.1 Å². The van der Waals surface area contributed by atoms with E-state index in [1.807, 2.05) is 45.0 Å². The van der Waals surface area contributed by atoms with E-state index in [2.05, 4.69) is 0 Å². The Hall–Kier alpha value is -1.55. The average molecular weight is 264 g/mol. The first-order valence-electron chi connectivity index (χ1n) is 6.39. The number of amides is 1. The monoisotopic (exact) mass is 264 g/mol. The molecule has 0 saturated heterocycles. The third kappa shape index (κ3) is 4.24. The van der Waals surface area contributed by atoms with Crippen molar-refractivity contribution in [3.05, 3.63) is 29.8 Å². The molecule has 0 aromatic heterocycles. The molecular weight excluding hydrogens is 240 g/mol. The fourth-order valence-corrected chi connectivity index (χ4v) is 1.73. The fourth-order valence-electron chi connectivity index (χ4n) is 1.73. The van der Waals surface area contributed by atoms with E-state index in [0.717, 1.165) is 11.3 Å². The Morgan fingerprint density at radius 2 is 2.05 bits per heavy atom. The highest BCUT2D eigenvalue weighted by molar-refractivity contribution is 5.82. The molecule has 1 amide bonds. The zero-order valence-electron chi connectivity index (χ0n) is 12.4. The number of nitrogens with two attached hydrogens (primary N) is 1. The molecule has 4 heteroatoms. The van der Waals surface area contributed by atoms with Gasteiger partial charge in [-0.25, -0.2) is 0 Å². The van der Waals surface area contributed by atoms with Gasteiger partial charge in [-0.05, 0) is 23.1 Å². The van der Waals surface area contributed by atoms with E-state index in [-0.39, 0.29) is 11.3 Å². The summed E-state index contributed by atoms with van der Waals surface area (Å²) in [5, 5.41) is 0.